The number of carbonyl (C=O) groups excluding carboxylic acids is 2. The van der Waals surface area contributed by atoms with Crippen molar-refractivity contribution >= 4 is 17.5 Å². The Labute approximate surface area is 126 Å². The normalized spacial score (nSPS) is 15.1. The van der Waals surface area contributed by atoms with Gasteiger partial charge in [-0.1, -0.05) is 19.3 Å². The molecule has 0 saturated heterocycles. The summed E-state index contributed by atoms with van der Waals surface area (Å²) in [7, 11) is 0. The van der Waals surface area contributed by atoms with Crippen molar-refractivity contribution in [3.05, 3.63) is 39.7 Å². The molecule has 2 amide bonds. The van der Waals surface area contributed by atoms with Gasteiger partial charge in [-0.2, -0.15) is 4.39 Å². The fraction of sp³-hybridized carbons (Fsp3) is 0.429. The minimum atomic E-state index is -1.02. The molecule has 0 radical (unpaired) electrons. The van der Waals surface area contributed by atoms with Gasteiger partial charge in [0.25, 0.3) is 5.91 Å². The van der Waals surface area contributed by atoms with Gasteiger partial charge in [-0.3, -0.25) is 30.6 Å². The molecule has 1 aromatic rings. The van der Waals surface area contributed by atoms with Crippen LogP contribution in [0.25, 0.3) is 0 Å². The summed E-state index contributed by atoms with van der Waals surface area (Å²) in [5, 5.41) is 10.6. The van der Waals surface area contributed by atoms with Crippen LogP contribution in [-0.4, -0.2) is 16.7 Å². The number of amides is 2. The smallest absolute Gasteiger partial charge is 0.273 e. The second-order valence-electron chi connectivity index (χ2n) is 5.20. The van der Waals surface area contributed by atoms with E-state index in [1.165, 1.54) is 0 Å². The van der Waals surface area contributed by atoms with E-state index < -0.39 is 22.3 Å². The zero-order valence-corrected chi connectivity index (χ0v) is 11.8. The zero-order valence-electron chi connectivity index (χ0n) is 11.8. The zero-order chi connectivity index (χ0) is 16.1. The fourth-order valence-corrected chi connectivity index (χ4v) is 2.45. The summed E-state index contributed by atoms with van der Waals surface area (Å²) in [5.74, 6) is -2.15. The van der Waals surface area contributed by atoms with Gasteiger partial charge in [0, 0.05) is 17.5 Å². The van der Waals surface area contributed by atoms with E-state index in [1.54, 1.807) is 0 Å². The van der Waals surface area contributed by atoms with Gasteiger partial charge >= 0.3 is 5.69 Å². The van der Waals surface area contributed by atoms with E-state index in [0.29, 0.717) is 0 Å². The van der Waals surface area contributed by atoms with Gasteiger partial charge in [0.05, 0.1) is 4.92 Å². The SMILES string of the molecule is O=C(NNC(=O)C1CCCCC1)c1ccc(F)c([N+](=O)[O-])c1. The van der Waals surface area contributed by atoms with E-state index in [4.69, 9.17) is 0 Å². The highest BCUT2D eigenvalue weighted by Gasteiger charge is 2.22. The molecule has 0 heterocycles. The number of nitro benzene ring substituents is 1. The minimum absolute atomic E-state index is 0.1000. The van der Waals surface area contributed by atoms with Crippen molar-refractivity contribution in [3.63, 3.8) is 0 Å². The summed E-state index contributed by atoms with van der Waals surface area (Å²) in [4.78, 5) is 33.4. The van der Waals surface area contributed by atoms with Crippen LogP contribution in [0.15, 0.2) is 18.2 Å². The summed E-state index contributed by atoms with van der Waals surface area (Å²) in [6, 6.07) is 2.79. The molecule has 0 unspecified atom stereocenters. The number of nitrogens with zero attached hydrogens (tertiary/aromatic N) is 1. The van der Waals surface area contributed by atoms with Crippen LogP contribution in [0.5, 0.6) is 0 Å². The Morgan fingerprint density at radius 2 is 1.86 bits per heavy atom. The maximum atomic E-state index is 13.2. The number of hydrazine groups is 1. The number of carbonyl (C=O) groups is 2. The van der Waals surface area contributed by atoms with Crippen LogP contribution in [0.2, 0.25) is 0 Å². The van der Waals surface area contributed by atoms with Crippen molar-refractivity contribution in [3.8, 4) is 0 Å². The highest BCUT2D eigenvalue weighted by atomic mass is 19.1. The molecule has 2 N–H and O–H groups in total. The average molecular weight is 309 g/mol. The Hall–Kier alpha value is -2.51. The Morgan fingerprint density at radius 1 is 1.18 bits per heavy atom. The Balaban J connectivity index is 1.96. The molecule has 1 aliphatic carbocycles. The molecule has 7 nitrogen and oxygen atoms in total. The first-order valence-corrected chi connectivity index (χ1v) is 7.03. The third-order valence-electron chi connectivity index (χ3n) is 3.68. The predicted octanol–water partition coefficient (Wildman–Crippen LogP) is 2.08. The van der Waals surface area contributed by atoms with E-state index in [0.717, 1.165) is 50.3 Å². The molecule has 1 fully saturated rings. The summed E-state index contributed by atoms with van der Waals surface area (Å²) in [6.07, 6.45) is 4.63. The van der Waals surface area contributed by atoms with Crippen LogP contribution in [0, 0.1) is 21.8 Å². The lowest BCUT2D eigenvalue weighted by Crippen LogP contribution is -2.45. The quantitative estimate of drug-likeness (QED) is 0.659. The van der Waals surface area contributed by atoms with Gasteiger partial charge in [0.1, 0.15) is 0 Å². The lowest BCUT2D eigenvalue weighted by molar-refractivity contribution is -0.387. The molecule has 1 aliphatic rings. The summed E-state index contributed by atoms with van der Waals surface area (Å²) >= 11 is 0. The molecule has 0 aromatic heterocycles. The van der Waals surface area contributed by atoms with Gasteiger partial charge in [0.15, 0.2) is 0 Å². The molecule has 2 rings (SSSR count). The van der Waals surface area contributed by atoms with Crippen molar-refractivity contribution in [2.45, 2.75) is 32.1 Å². The summed E-state index contributed by atoms with van der Waals surface area (Å²) in [6.45, 7) is 0. The molecular weight excluding hydrogens is 293 g/mol. The van der Waals surface area contributed by atoms with E-state index in [1.807, 2.05) is 0 Å². The molecule has 0 bridgehead atoms. The number of benzene rings is 1. The van der Waals surface area contributed by atoms with Crippen molar-refractivity contribution in [2.75, 3.05) is 0 Å². The van der Waals surface area contributed by atoms with Crippen LogP contribution in [0.4, 0.5) is 10.1 Å². The lowest BCUT2D eigenvalue weighted by atomic mass is 9.89. The van der Waals surface area contributed by atoms with E-state index in [9.17, 15) is 24.1 Å². The van der Waals surface area contributed by atoms with Crippen LogP contribution < -0.4 is 10.9 Å². The lowest BCUT2D eigenvalue weighted by Gasteiger charge is -2.20. The van der Waals surface area contributed by atoms with E-state index >= 15 is 0 Å². The van der Waals surface area contributed by atoms with E-state index in [-0.39, 0.29) is 17.4 Å². The number of nitrogens with one attached hydrogen (secondary N) is 2. The molecule has 22 heavy (non-hydrogen) atoms. The second kappa shape index (κ2) is 6.97. The highest BCUT2D eigenvalue weighted by Crippen LogP contribution is 2.23. The minimum Gasteiger partial charge on any atom is -0.273 e. The molecule has 0 atom stereocenters. The van der Waals surface area contributed by atoms with Crippen LogP contribution in [-0.2, 0) is 4.79 Å². The fourth-order valence-electron chi connectivity index (χ4n) is 2.45. The Kier molecular flexibility index (Phi) is 5.03. The first-order valence-electron chi connectivity index (χ1n) is 7.03. The maximum absolute atomic E-state index is 13.2. The number of nitro groups is 1. The molecule has 0 spiro atoms. The Morgan fingerprint density at radius 3 is 2.50 bits per heavy atom. The highest BCUT2D eigenvalue weighted by molar-refractivity contribution is 5.96. The summed E-state index contributed by atoms with van der Waals surface area (Å²) in [5.41, 5.74) is 3.62. The largest absolute Gasteiger partial charge is 0.305 e. The van der Waals surface area contributed by atoms with Crippen molar-refractivity contribution in [1.29, 1.82) is 0 Å². The van der Waals surface area contributed by atoms with Crippen LogP contribution in [0.1, 0.15) is 42.5 Å². The predicted molar refractivity (Wildman–Crippen MR) is 75.2 cm³/mol. The topological polar surface area (TPSA) is 101 Å². The van der Waals surface area contributed by atoms with Crippen molar-refractivity contribution in [1.82, 2.24) is 10.9 Å². The third kappa shape index (κ3) is 3.78. The molecular formula is C14H16FN3O4. The van der Waals surface area contributed by atoms with Crippen molar-refractivity contribution in [2.24, 2.45) is 5.92 Å². The summed E-state index contributed by atoms with van der Waals surface area (Å²) < 4.78 is 13.2. The monoisotopic (exact) mass is 309 g/mol. The van der Waals surface area contributed by atoms with Gasteiger partial charge in [-0.25, -0.2) is 0 Å². The third-order valence-corrected chi connectivity index (χ3v) is 3.68. The van der Waals surface area contributed by atoms with Gasteiger partial charge < -0.3 is 0 Å². The second-order valence-corrected chi connectivity index (χ2v) is 5.20. The first-order chi connectivity index (χ1) is 10.5. The van der Waals surface area contributed by atoms with Crippen molar-refractivity contribution < 1.29 is 18.9 Å². The number of hydrogen-bond acceptors (Lipinski definition) is 4. The van der Waals surface area contributed by atoms with Crippen LogP contribution >= 0.6 is 0 Å². The number of halogens is 1. The van der Waals surface area contributed by atoms with Gasteiger partial charge in [-0.15, -0.1) is 0 Å². The molecule has 1 saturated carbocycles. The molecule has 1 aromatic carbocycles. The first kappa shape index (κ1) is 15.9. The van der Waals surface area contributed by atoms with Crippen LogP contribution in [0.3, 0.4) is 0 Å². The standard InChI is InChI=1S/C14H16FN3O4/c15-11-7-6-10(8-12(11)18(21)22)14(20)17-16-13(19)9-4-2-1-3-5-9/h6-9H,1-5H2,(H,16,19)(H,17,20). The Bertz CT molecular complexity index is 600. The van der Waals surface area contributed by atoms with Gasteiger partial charge in [-0.05, 0) is 25.0 Å². The van der Waals surface area contributed by atoms with Gasteiger partial charge in [0.2, 0.25) is 11.7 Å². The van der Waals surface area contributed by atoms with E-state index in [2.05, 4.69) is 10.9 Å². The maximum Gasteiger partial charge on any atom is 0.305 e. The molecule has 0 aliphatic heterocycles. The number of rotatable bonds is 3. The molecule has 8 heteroatoms. The number of hydrogen-bond donors (Lipinski definition) is 2. The average Bonchev–Trinajstić information content (AvgIpc) is 2.53. The molecule has 118 valence electrons.